The zero-order valence-electron chi connectivity index (χ0n) is 16.9. The van der Waals surface area contributed by atoms with Crippen molar-refractivity contribution in [2.45, 2.75) is 50.9 Å². The van der Waals surface area contributed by atoms with E-state index in [1.54, 1.807) is 0 Å². The van der Waals surface area contributed by atoms with Crippen LogP contribution in [0, 0.1) is 10.8 Å². The van der Waals surface area contributed by atoms with Gasteiger partial charge in [-0.2, -0.15) is 0 Å². The van der Waals surface area contributed by atoms with Gasteiger partial charge >= 0.3 is 0 Å². The lowest BCUT2D eigenvalue weighted by Crippen LogP contribution is -2.46. The number of hydrogen-bond donors (Lipinski definition) is 3. The van der Waals surface area contributed by atoms with Gasteiger partial charge in [-0.25, -0.2) is 18.7 Å². The van der Waals surface area contributed by atoms with Crippen LogP contribution in [0.15, 0.2) is 23.6 Å². The molecule has 3 aliphatic rings. The summed E-state index contributed by atoms with van der Waals surface area (Å²) in [6.45, 7) is 3.15. The molecule has 1 aromatic rings. The van der Waals surface area contributed by atoms with Gasteiger partial charge in [-0.05, 0) is 31.9 Å². The zero-order chi connectivity index (χ0) is 21.4. The van der Waals surface area contributed by atoms with Crippen LogP contribution in [0.5, 0.6) is 0 Å². The first kappa shape index (κ1) is 20.8. The van der Waals surface area contributed by atoms with Gasteiger partial charge in [0.15, 0.2) is 0 Å². The molecule has 1 aliphatic heterocycles. The maximum atomic E-state index is 14.7. The van der Waals surface area contributed by atoms with Crippen LogP contribution in [0.25, 0.3) is 0 Å². The van der Waals surface area contributed by atoms with Crippen molar-refractivity contribution in [3.63, 3.8) is 0 Å². The number of rotatable bonds is 3. The number of aliphatic hydroxyl groups excluding tert-OH is 1. The molecule has 162 valence electrons. The Morgan fingerprint density at radius 1 is 1.23 bits per heavy atom. The Kier molecular flexibility index (Phi) is 5.57. The van der Waals surface area contributed by atoms with E-state index in [0.717, 1.165) is 26.1 Å². The van der Waals surface area contributed by atoms with E-state index in [-0.39, 0.29) is 41.4 Å². The monoisotopic (exact) mass is 419 g/mol. The van der Waals surface area contributed by atoms with E-state index in [0.29, 0.717) is 25.3 Å². The van der Waals surface area contributed by atoms with Gasteiger partial charge in [-0.15, -0.1) is 0 Å². The Labute approximate surface area is 174 Å². The second kappa shape index (κ2) is 8.02. The number of aliphatic hydroxyl groups is 1. The number of hydrogen-bond acceptors (Lipinski definition) is 7. The van der Waals surface area contributed by atoms with Crippen molar-refractivity contribution in [1.29, 1.82) is 5.41 Å². The number of nitrogens with one attached hydrogen (secondary N) is 2. The van der Waals surface area contributed by atoms with E-state index in [4.69, 9.17) is 5.41 Å². The van der Waals surface area contributed by atoms with Gasteiger partial charge in [0.25, 0.3) is 5.92 Å². The van der Waals surface area contributed by atoms with Crippen molar-refractivity contribution in [2.75, 3.05) is 31.1 Å². The molecule has 1 atom stereocenters. The van der Waals surface area contributed by atoms with Gasteiger partial charge in [0.2, 0.25) is 5.95 Å². The van der Waals surface area contributed by atoms with Gasteiger partial charge in [0.1, 0.15) is 11.5 Å². The van der Waals surface area contributed by atoms with E-state index in [2.05, 4.69) is 15.3 Å². The number of Topliss-reactive ketones (excluding diaryl/α,β-unsaturated/α-hetero) is 1. The molecule has 1 aromatic heterocycles. The van der Waals surface area contributed by atoms with E-state index >= 15 is 0 Å². The Morgan fingerprint density at radius 3 is 2.87 bits per heavy atom. The minimum atomic E-state index is -3.16. The molecule has 1 saturated carbocycles. The number of nitrogens with zero attached hydrogens (tertiary/aromatic N) is 3. The van der Waals surface area contributed by atoms with Crippen molar-refractivity contribution >= 4 is 17.4 Å². The Hall–Kier alpha value is -2.42. The fourth-order valence-corrected chi connectivity index (χ4v) is 4.79. The van der Waals surface area contributed by atoms with Crippen LogP contribution in [-0.2, 0) is 4.79 Å². The number of ketones is 1. The molecule has 1 spiro atoms. The maximum Gasteiger partial charge on any atom is 0.253 e. The molecular weight excluding hydrogens is 392 g/mol. The number of anilines is 1. The minimum Gasteiger partial charge on any atom is -0.511 e. The van der Waals surface area contributed by atoms with Crippen LogP contribution in [0.4, 0.5) is 14.7 Å². The summed E-state index contributed by atoms with van der Waals surface area (Å²) in [5, 5.41) is 22.8. The highest BCUT2D eigenvalue weighted by Gasteiger charge is 2.55. The van der Waals surface area contributed by atoms with Gasteiger partial charge in [0, 0.05) is 50.7 Å². The third kappa shape index (κ3) is 3.82. The molecule has 7 nitrogen and oxygen atoms in total. The molecule has 1 saturated heterocycles. The van der Waals surface area contributed by atoms with E-state index in [1.807, 2.05) is 4.90 Å². The Morgan fingerprint density at radius 2 is 2.07 bits per heavy atom. The van der Waals surface area contributed by atoms with Crippen molar-refractivity contribution in [2.24, 2.45) is 5.41 Å². The molecule has 0 bridgehead atoms. The van der Waals surface area contributed by atoms with Crippen molar-refractivity contribution in [3.8, 4) is 0 Å². The predicted octanol–water partition coefficient (Wildman–Crippen LogP) is 3.01. The number of halogens is 2. The minimum absolute atomic E-state index is 0.176. The van der Waals surface area contributed by atoms with Crippen LogP contribution >= 0.6 is 0 Å². The first-order valence-electron chi connectivity index (χ1n) is 10.5. The quantitative estimate of drug-likeness (QED) is 0.651. The summed E-state index contributed by atoms with van der Waals surface area (Å²) in [5.74, 6) is -3.43. The van der Waals surface area contributed by atoms with Gasteiger partial charge in [-0.3, -0.25) is 10.2 Å². The van der Waals surface area contributed by atoms with Crippen LogP contribution in [0.3, 0.4) is 0 Å². The highest BCUT2D eigenvalue weighted by atomic mass is 19.3. The van der Waals surface area contributed by atoms with Crippen LogP contribution in [0.2, 0.25) is 0 Å². The first-order chi connectivity index (χ1) is 14.3. The van der Waals surface area contributed by atoms with Gasteiger partial charge in [0.05, 0.1) is 16.8 Å². The molecule has 2 fully saturated rings. The molecule has 30 heavy (non-hydrogen) atoms. The van der Waals surface area contributed by atoms with Crippen LogP contribution in [0.1, 0.15) is 50.6 Å². The topological polar surface area (TPSA) is 102 Å². The SMILES string of the molecule is N=C(C1=C(O)C2(CCCCC2=O)CC(F)(F)C1)c1ccnc(N2CCCNCC2)n1. The summed E-state index contributed by atoms with van der Waals surface area (Å²) in [6.07, 6.45) is 2.61. The fourth-order valence-electron chi connectivity index (χ4n) is 4.79. The standard InChI is InChI=1S/C21H27F2N5O2/c22-21(23)12-14(18(30)20(13-21)6-2-1-4-16(20)29)17(24)15-5-8-26-19(27-15)28-10-3-7-25-9-11-28/h5,8,24-25,30H,1-4,6-7,9-13H2. The number of carbonyl (C=O) groups excluding carboxylic acids is 1. The van der Waals surface area contributed by atoms with E-state index in [9.17, 15) is 18.7 Å². The third-order valence-corrected chi connectivity index (χ3v) is 6.35. The zero-order valence-corrected chi connectivity index (χ0v) is 16.9. The van der Waals surface area contributed by atoms with Crippen LogP contribution < -0.4 is 10.2 Å². The number of carbonyl (C=O) groups is 1. The lowest BCUT2D eigenvalue weighted by molar-refractivity contribution is -0.140. The summed E-state index contributed by atoms with van der Waals surface area (Å²) in [4.78, 5) is 23.3. The van der Waals surface area contributed by atoms with E-state index in [1.165, 1.54) is 12.3 Å². The van der Waals surface area contributed by atoms with Crippen molar-refractivity contribution in [3.05, 3.63) is 29.3 Å². The van der Waals surface area contributed by atoms with E-state index < -0.39 is 24.2 Å². The molecule has 0 radical (unpaired) electrons. The van der Waals surface area contributed by atoms with Gasteiger partial charge in [-0.1, -0.05) is 6.42 Å². The normalized spacial score (nSPS) is 27.3. The Bertz CT molecular complexity index is 880. The summed E-state index contributed by atoms with van der Waals surface area (Å²) < 4.78 is 29.4. The molecule has 2 aliphatic carbocycles. The highest BCUT2D eigenvalue weighted by molar-refractivity contribution is 6.10. The molecule has 3 N–H and O–H groups in total. The molecule has 9 heteroatoms. The lowest BCUT2D eigenvalue weighted by Gasteiger charge is -2.42. The largest absolute Gasteiger partial charge is 0.511 e. The first-order valence-corrected chi connectivity index (χ1v) is 10.5. The third-order valence-electron chi connectivity index (χ3n) is 6.35. The molecule has 4 rings (SSSR count). The highest BCUT2D eigenvalue weighted by Crippen LogP contribution is 2.52. The molecule has 0 amide bonds. The molecule has 0 aromatic carbocycles. The smallest absolute Gasteiger partial charge is 0.253 e. The van der Waals surface area contributed by atoms with Gasteiger partial charge < -0.3 is 15.3 Å². The lowest BCUT2D eigenvalue weighted by atomic mass is 9.63. The molecule has 1 unspecified atom stereocenters. The average Bonchev–Trinajstić information content (AvgIpc) is 3.02. The van der Waals surface area contributed by atoms with Crippen molar-refractivity contribution < 1.29 is 18.7 Å². The summed E-state index contributed by atoms with van der Waals surface area (Å²) in [7, 11) is 0. The molecular formula is C21H27F2N5O2. The number of allylic oxidation sites excluding steroid dienone is 2. The summed E-state index contributed by atoms with van der Waals surface area (Å²) in [5.41, 5.74) is -1.84. The Balaban J connectivity index is 1.69. The summed E-state index contributed by atoms with van der Waals surface area (Å²) in [6, 6.07) is 1.49. The predicted molar refractivity (Wildman–Crippen MR) is 108 cm³/mol. The fraction of sp³-hybridized carbons (Fsp3) is 0.619. The summed E-state index contributed by atoms with van der Waals surface area (Å²) >= 11 is 0. The average molecular weight is 419 g/mol. The second-order valence-electron chi connectivity index (χ2n) is 8.46. The second-order valence-corrected chi connectivity index (χ2v) is 8.46. The number of alkyl halides is 2. The number of aromatic nitrogens is 2. The van der Waals surface area contributed by atoms with Crippen molar-refractivity contribution in [1.82, 2.24) is 15.3 Å². The molecule has 2 heterocycles. The van der Waals surface area contributed by atoms with Crippen LogP contribution in [-0.4, -0.2) is 58.7 Å². The maximum absolute atomic E-state index is 14.7.